The Morgan fingerprint density at radius 3 is 2.96 bits per heavy atom. The molecule has 2 heterocycles. The van der Waals surface area contributed by atoms with Crippen molar-refractivity contribution in [1.29, 1.82) is 0 Å². The lowest BCUT2D eigenvalue weighted by atomic mass is 9.98. The van der Waals surface area contributed by atoms with Crippen LogP contribution in [0.3, 0.4) is 0 Å². The van der Waals surface area contributed by atoms with Gasteiger partial charge in [0.15, 0.2) is 5.96 Å². The number of rotatable bonds is 9. The molecule has 1 fully saturated rings. The minimum Gasteiger partial charge on any atom is -0.378 e. The van der Waals surface area contributed by atoms with Crippen molar-refractivity contribution in [2.75, 3.05) is 26.2 Å². The topological polar surface area (TPSA) is 63.0 Å². The molecule has 2 aromatic heterocycles. The number of fused-ring (bicyclic) bond motifs is 1. The lowest BCUT2D eigenvalue weighted by Gasteiger charge is -2.21. The number of hydrogen-bond acceptors (Lipinski definition) is 3. The largest absolute Gasteiger partial charge is 0.378 e. The van der Waals surface area contributed by atoms with E-state index in [9.17, 15) is 0 Å². The van der Waals surface area contributed by atoms with Gasteiger partial charge in [0.05, 0.1) is 11.8 Å². The molecule has 0 saturated heterocycles. The minimum absolute atomic E-state index is 0.486. The van der Waals surface area contributed by atoms with E-state index in [4.69, 9.17) is 4.74 Å². The fourth-order valence-electron chi connectivity index (χ4n) is 3.50. The highest BCUT2D eigenvalue weighted by atomic mass is 16.5. The molecule has 3 rings (SSSR count). The minimum atomic E-state index is 0.486. The third kappa shape index (κ3) is 6.54. The van der Waals surface area contributed by atoms with Crippen LogP contribution in [-0.2, 0) is 11.2 Å². The Hall–Kier alpha value is -2.08. The zero-order chi connectivity index (χ0) is 18.7. The highest BCUT2D eigenvalue weighted by Crippen LogP contribution is 2.20. The molecule has 2 N–H and O–H groups in total. The second-order valence-electron chi connectivity index (χ2n) is 7.12. The van der Waals surface area contributed by atoms with Gasteiger partial charge >= 0.3 is 0 Å². The van der Waals surface area contributed by atoms with E-state index in [1.165, 1.54) is 32.1 Å². The molecular formula is C21H33N5O. The number of nitrogens with one attached hydrogen (secondary N) is 2. The molecule has 0 bridgehead atoms. The predicted octanol–water partition coefficient (Wildman–Crippen LogP) is 3.17. The molecule has 148 valence electrons. The van der Waals surface area contributed by atoms with Crippen LogP contribution < -0.4 is 10.6 Å². The molecule has 0 unspecified atom stereocenters. The van der Waals surface area contributed by atoms with Gasteiger partial charge in [-0.1, -0.05) is 25.3 Å². The molecule has 0 amide bonds. The first-order valence-corrected chi connectivity index (χ1v) is 10.4. The Balaban J connectivity index is 1.36. The molecule has 1 saturated carbocycles. The van der Waals surface area contributed by atoms with E-state index >= 15 is 0 Å². The molecule has 0 radical (unpaired) electrons. The summed E-state index contributed by atoms with van der Waals surface area (Å²) < 4.78 is 8.03. The molecule has 27 heavy (non-hydrogen) atoms. The zero-order valence-electron chi connectivity index (χ0n) is 16.5. The molecule has 0 atom stereocenters. The van der Waals surface area contributed by atoms with Gasteiger partial charge in [0.2, 0.25) is 0 Å². The van der Waals surface area contributed by atoms with Crippen molar-refractivity contribution in [2.24, 2.45) is 4.99 Å². The highest BCUT2D eigenvalue weighted by Gasteiger charge is 2.12. The van der Waals surface area contributed by atoms with E-state index < -0.39 is 0 Å². The lowest BCUT2D eigenvalue weighted by molar-refractivity contribution is 0.0281. The van der Waals surface area contributed by atoms with Gasteiger partial charge < -0.3 is 19.8 Å². The van der Waals surface area contributed by atoms with E-state index in [-0.39, 0.29) is 0 Å². The van der Waals surface area contributed by atoms with Crippen molar-refractivity contribution in [3.05, 3.63) is 36.3 Å². The van der Waals surface area contributed by atoms with Gasteiger partial charge in [0.25, 0.3) is 0 Å². The van der Waals surface area contributed by atoms with Crippen molar-refractivity contribution < 1.29 is 4.74 Å². The molecular weight excluding hydrogens is 338 g/mol. The van der Waals surface area contributed by atoms with Crippen LogP contribution in [0, 0.1) is 0 Å². The van der Waals surface area contributed by atoms with Crippen molar-refractivity contribution in [3.8, 4) is 0 Å². The summed E-state index contributed by atoms with van der Waals surface area (Å²) >= 11 is 0. The molecule has 0 aliphatic heterocycles. The molecule has 1 aliphatic carbocycles. The first-order chi connectivity index (χ1) is 13.3. The monoisotopic (exact) mass is 371 g/mol. The standard InChI is InChI=1S/C21H33N5O/c1-2-22-21(23-13-8-16-27-19-9-4-3-5-10-19)24-14-12-18-17-26-15-7-6-11-20(26)25-18/h6-7,11,15,17,19H,2-5,8-10,12-14,16H2,1H3,(H2,22,23,24). The lowest BCUT2D eigenvalue weighted by Crippen LogP contribution is -2.38. The highest BCUT2D eigenvalue weighted by molar-refractivity contribution is 5.79. The van der Waals surface area contributed by atoms with Gasteiger partial charge in [0.1, 0.15) is 5.65 Å². The Morgan fingerprint density at radius 1 is 1.26 bits per heavy atom. The molecule has 0 spiro atoms. The number of nitrogens with zero attached hydrogens (tertiary/aromatic N) is 3. The number of ether oxygens (including phenoxy) is 1. The Kier molecular flexibility index (Phi) is 7.96. The quantitative estimate of drug-likeness (QED) is 0.404. The summed E-state index contributed by atoms with van der Waals surface area (Å²) in [4.78, 5) is 9.29. The van der Waals surface area contributed by atoms with Crippen LogP contribution in [0.25, 0.3) is 5.65 Å². The second-order valence-corrected chi connectivity index (χ2v) is 7.12. The van der Waals surface area contributed by atoms with Crippen LogP contribution >= 0.6 is 0 Å². The van der Waals surface area contributed by atoms with E-state index in [0.29, 0.717) is 6.10 Å². The molecule has 1 aliphatic rings. The summed E-state index contributed by atoms with van der Waals surface area (Å²) in [5.74, 6) is 0.874. The number of aromatic nitrogens is 2. The SMILES string of the molecule is CCNC(=NCCCOC1CCCCC1)NCCc1cn2ccccc2n1. The third-order valence-electron chi connectivity index (χ3n) is 4.91. The number of guanidine groups is 1. The summed E-state index contributed by atoms with van der Waals surface area (Å²) in [6.45, 7) is 5.36. The summed E-state index contributed by atoms with van der Waals surface area (Å²) in [6.07, 6.45) is 12.9. The molecule has 2 aromatic rings. The third-order valence-corrected chi connectivity index (χ3v) is 4.91. The average molecular weight is 372 g/mol. The smallest absolute Gasteiger partial charge is 0.191 e. The maximum absolute atomic E-state index is 5.97. The maximum Gasteiger partial charge on any atom is 0.191 e. The first kappa shape index (κ1) is 19.7. The normalized spacial score (nSPS) is 16.0. The molecule has 6 heteroatoms. The zero-order valence-corrected chi connectivity index (χ0v) is 16.5. The fraction of sp³-hybridized carbons (Fsp3) is 0.619. The van der Waals surface area contributed by atoms with Gasteiger partial charge in [-0.25, -0.2) is 4.98 Å². The van der Waals surface area contributed by atoms with Gasteiger partial charge in [-0.15, -0.1) is 0 Å². The van der Waals surface area contributed by atoms with Crippen molar-refractivity contribution in [3.63, 3.8) is 0 Å². The van der Waals surface area contributed by atoms with Crippen molar-refractivity contribution in [2.45, 2.75) is 58.0 Å². The van der Waals surface area contributed by atoms with Crippen LogP contribution in [0.2, 0.25) is 0 Å². The van der Waals surface area contributed by atoms with Gasteiger partial charge in [0, 0.05) is 45.1 Å². The molecule has 6 nitrogen and oxygen atoms in total. The summed E-state index contributed by atoms with van der Waals surface area (Å²) in [7, 11) is 0. The van der Waals surface area contributed by atoms with E-state index in [1.54, 1.807) is 0 Å². The van der Waals surface area contributed by atoms with Crippen LogP contribution in [0.5, 0.6) is 0 Å². The Labute approximate surface area is 162 Å². The molecule has 0 aromatic carbocycles. The predicted molar refractivity (Wildman–Crippen MR) is 110 cm³/mol. The van der Waals surface area contributed by atoms with Gasteiger partial charge in [-0.2, -0.15) is 0 Å². The second kappa shape index (κ2) is 10.9. The maximum atomic E-state index is 5.97. The van der Waals surface area contributed by atoms with Crippen LogP contribution in [-0.4, -0.2) is 47.7 Å². The van der Waals surface area contributed by atoms with Gasteiger partial charge in [-0.3, -0.25) is 4.99 Å². The van der Waals surface area contributed by atoms with Crippen molar-refractivity contribution >= 4 is 11.6 Å². The summed E-state index contributed by atoms with van der Waals surface area (Å²) in [5.41, 5.74) is 2.08. The van der Waals surface area contributed by atoms with Crippen molar-refractivity contribution in [1.82, 2.24) is 20.0 Å². The van der Waals surface area contributed by atoms with E-state index in [2.05, 4.69) is 38.1 Å². The Morgan fingerprint density at radius 2 is 2.15 bits per heavy atom. The van der Waals surface area contributed by atoms with Crippen LogP contribution in [0.1, 0.15) is 51.1 Å². The first-order valence-electron chi connectivity index (χ1n) is 10.4. The summed E-state index contributed by atoms with van der Waals surface area (Å²) in [5, 5.41) is 6.71. The number of hydrogen-bond donors (Lipinski definition) is 2. The number of aliphatic imine (C=N–C) groups is 1. The van der Waals surface area contributed by atoms with E-state index in [1.807, 2.05) is 24.4 Å². The number of pyridine rings is 1. The van der Waals surface area contributed by atoms with E-state index in [0.717, 1.165) is 56.4 Å². The fourth-order valence-corrected chi connectivity index (χ4v) is 3.50. The average Bonchev–Trinajstić information content (AvgIpc) is 3.11. The van der Waals surface area contributed by atoms with Crippen LogP contribution in [0.15, 0.2) is 35.6 Å². The Bertz CT molecular complexity index is 672. The number of imidazole rings is 1. The summed E-state index contributed by atoms with van der Waals surface area (Å²) in [6, 6.07) is 6.06. The van der Waals surface area contributed by atoms with Crippen LogP contribution in [0.4, 0.5) is 0 Å². The van der Waals surface area contributed by atoms with Gasteiger partial charge in [-0.05, 0) is 38.3 Å².